The third kappa shape index (κ3) is 4.00. The number of methoxy groups -OCH3 is 2. The molecule has 0 aliphatic rings. The van der Waals surface area contributed by atoms with E-state index in [1.165, 1.54) is 0 Å². The second-order valence-corrected chi connectivity index (χ2v) is 4.51. The Bertz CT molecular complexity index is 588. The third-order valence-electron chi connectivity index (χ3n) is 3.22. The molecule has 4 nitrogen and oxygen atoms in total. The molecular weight excluding hydrogens is 266 g/mol. The molecule has 2 rings (SSSR count). The lowest BCUT2D eigenvalue weighted by atomic mass is 10.1. The minimum absolute atomic E-state index is 0.661. The van der Waals surface area contributed by atoms with Crippen LogP contribution in [0, 0.1) is 0 Å². The van der Waals surface area contributed by atoms with Crippen molar-refractivity contribution in [3.8, 4) is 11.5 Å². The molecule has 0 unspecified atom stereocenters. The van der Waals surface area contributed by atoms with Crippen molar-refractivity contribution in [2.24, 2.45) is 0 Å². The lowest BCUT2D eigenvalue weighted by molar-refractivity contribution is 0.224. The molecule has 2 aromatic carbocycles. The largest absolute Gasteiger partial charge is 0.497 e. The molecule has 0 atom stereocenters. The predicted octanol–water partition coefficient (Wildman–Crippen LogP) is 3.27. The van der Waals surface area contributed by atoms with Crippen molar-refractivity contribution in [3.63, 3.8) is 0 Å². The fourth-order valence-corrected chi connectivity index (χ4v) is 1.98. The first-order chi connectivity index (χ1) is 10.3. The minimum atomic E-state index is 0.661. The average molecular weight is 285 g/mol. The number of hydroxylamine groups is 1. The van der Waals surface area contributed by atoms with Crippen LogP contribution >= 0.6 is 0 Å². The number of ether oxygens (including phenoxy) is 2. The van der Waals surface area contributed by atoms with Crippen LogP contribution in [0.25, 0.3) is 5.70 Å². The van der Waals surface area contributed by atoms with Gasteiger partial charge in [0, 0.05) is 0 Å². The van der Waals surface area contributed by atoms with Crippen molar-refractivity contribution in [1.29, 1.82) is 0 Å². The summed E-state index contributed by atoms with van der Waals surface area (Å²) in [5, 5.41) is 9.30. The van der Waals surface area contributed by atoms with Crippen molar-refractivity contribution in [2.75, 3.05) is 14.2 Å². The first kappa shape index (κ1) is 14.9. The second kappa shape index (κ2) is 7.36. The third-order valence-corrected chi connectivity index (χ3v) is 3.22. The van der Waals surface area contributed by atoms with Crippen molar-refractivity contribution in [1.82, 2.24) is 5.48 Å². The van der Waals surface area contributed by atoms with Gasteiger partial charge in [0.25, 0.3) is 0 Å². The van der Waals surface area contributed by atoms with Crippen LogP contribution in [0.2, 0.25) is 0 Å². The Kier molecular flexibility index (Phi) is 5.23. The highest BCUT2D eigenvalue weighted by Gasteiger charge is 2.01. The molecule has 4 heteroatoms. The van der Waals surface area contributed by atoms with E-state index in [1.54, 1.807) is 14.2 Å². The van der Waals surface area contributed by atoms with Crippen LogP contribution < -0.4 is 15.0 Å². The zero-order valence-corrected chi connectivity index (χ0v) is 12.2. The van der Waals surface area contributed by atoms with Gasteiger partial charge < -0.3 is 9.47 Å². The topological polar surface area (TPSA) is 50.7 Å². The fourth-order valence-electron chi connectivity index (χ4n) is 1.98. The van der Waals surface area contributed by atoms with Gasteiger partial charge in [-0.25, -0.2) is 0 Å². The monoisotopic (exact) mass is 285 g/mol. The number of hydrogen-bond donors (Lipinski definition) is 2. The molecule has 0 fully saturated rings. The van der Waals surface area contributed by atoms with Gasteiger partial charge in [-0.2, -0.15) is 0 Å². The van der Waals surface area contributed by atoms with Crippen LogP contribution in [0.3, 0.4) is 0 Å². The van der Waals surface area contributed by atoms with Gasteiger partial charge in [-0.15, -0.1) is 0 Å². The molecule has 0 saturated carbocycles. The van der Waals surface area contributed by atoms with Crippen molar-refractivity contribution in [2.45, 2.75) is 6.42 Å². The normalized spacial score (nSPS) is 11.1. The van der Waals surface area contributed by atoms with E-state index in [4.69, 9.17) is 9.47 Å². The van der Waals surface area contributed by atoms with Gasteiger partial charge in [0.1, 0.15) is 11.5 Å². The molecule has 2 aromatic rings. The Morgan fingerprint density at radius 1 is 0.952 bits per heavy atom. The van der Waals surface area contributed by atoms with Gasteiger partial charge in [-0.05, 0) is 53.9 Å². The Morgan fingerprint density at radius 2 is 1.48 bits per heavy atom. The molecule has 0 aliphatic carbocycles. The van der Waals surface area contributed by atoms with Gasteiger partial charge in [0.05, 0.1) is 19.9 Å². The van der Waals surface area contributed by atoms with E-state index < -0.39 is 0 Å². The zero-order valence-electron chi connectivity index (χ0n) is 12.2. The van der Waals surface area contributed by atoms with Crippen LogP contribution in [-0.2, 0) is 6.42 Å². The summed E-state index contributed by atoms with van der Waals surface area (Å²) in [7, 11) is 3.27. The Labute approximate surface area is 124 Å². The first-order valence-electron chi connectivity index (χ1n) is 6.64. The highest BCUT2D eigenvalue weighted by molar-refractivity contribution is 5.64. The van der Waals surface area contributed by atoms with Gasteiger partial charge in [-0.3, -0.25) is 10.7 Å². The summed E-state index contributed by atoms with van der Waals surface area (Å²) in [4.78, 5) is 0. The summed E-state index contributed by atoms with van der Waals surface area (Å²) in [5.74, 6) is 1.62. The summed E-state index contributed by atoms with van der Waals surface area (Å²) in [5.41, 5.74) is 4.94. The smallest absolute Gasteiger partial charge is 0.118 e. The maximum atomic E-state index is 9.30. The average Bonchev–Trinajstić information content (AvgIpc) is 2.56. The SMILES string of the molecule is COc1ccc(CC=C(NO)c2ccc(OC)cc2)cc1. The Morgan fingerprint density at radius 3 is 1.95 bits per heavy atom. The summed E-state index contributed by atoms with van der Waals surface area (Å²) >= 11 is 0. The predicted molar refractivity (Wildman–Crippen MR) is 82.6 cm³/mol. The van der Waals surface area contributed by atoms with E-state index in [1.807, 2.05) is 54.6 Å². The Hall–Kier alpha value is -2.46. The van der Waals surface area contributed by atoms with E-state index in [0.717, 1.165) is 22.6 Å². The molecule has 0 radical (unpaired) electrons. The standard InChI is InChI=1S/C17H19NO3/c1-20-15-8-3-13(4-9-15)5-12-17(18-19)14-6-10-16(21-2)11-7-14/h3-4,6-12,18-19H,5H2,1-2H3. The van der Waals surface area contributed by atoms with Gasteiger partial charge in [0.15, 0.2) is 0 Å². The quantitative estimate of drug-likeness (QED) is 0.800. The fraction of sp³-hybridized carbons (Fsp3) is 0.176. The number of benzene rings is 2. The van der Waals surface area contributed by atoms with Crippen LogP contribution in [0.1, 0.15) is 11.1 Å². The van der Waals surface area contributed by atoms with E-state index >= 15 is 0 Å². The molecule has 2 N–H and O–H groups in total. The summed E-state index contributed by atoms with van der Waals surface area (Å²) in [6.07, 6.45) is 2.64. The van der Waals surface area contributed by atoms with E-state index in [-0.39, 0.29) is 0 Å². The van der Waals surface area contributed by atoms with E-state index in [9.17, 15) is 5.21 Å². The van der Waals surface area contributed by atoms with Crippen molar-refractivity contribution in [3.05, 3.63) is 65.7 Å². The Balaban J connectivity index is 2.11. The maximum absolute atomic E-state index is 9.30. The van der Waals surface area contributed by atoms with Gasteiger partial charge in [0.2, 0.25) is 0 Å². The number of hydrogen-bond acceptors (Lipinski definition) is 4. The molecule has 0 bridgehead atoms. The van der Waals surface area contributed by atoms with Crippen LogP contribution in [0.5, 0.6) is 11.5 Å². The molecule has 0 saturated heterocycles. The lowest BCUT2D eigenvalue weighted by Crippen LogP contribution is -2.06. The van der Waals surface area contributed by atoms with Crippen molar-refractivity contribution < 1.29 is 14.7 Å². The molecule has 0 aromatic heterocycles. The second-order valence-electron chi connectivity index (χ2n) is 4.51. The molecule has 110 valence electrons. The number of rotatable bonds is 6. The van der Waals surface area contributed by atoms with Gasteiger partial charge >= 0.3 is 0 Å². The molecule has 0 spiro atoms. The van der Waals surface area contributed by atoms with E-state index in [0.29, 0.717) is 12.1 Å². The summed E-state index contributed by atoms with van der Waals surface area (Å²) in [6.45, 7) is 0. The zero-order chi connectivity index (χ0) is 15.1. The molecule has 21 heavy (non-hydrogen) atoms. The molecular formula is C17H19NO3. The van der Waals surface area contributed by atoms with E-state index in [2.05, 4.69) is 5.48 Å². The maximum Gasteiger partial charge on any atom is 0.118 e. The summed E-state index contributed by atoms with van der Waals surface area (Å²) < 4.78 is 10.2. The molecule has 0 heterocycles. The van der Waals surface area contributed by atoms with Gasteiger partial charge in [-0.1, -0.05) is 18.2 Å². The first-order valence-corrected chi connectivity index (χ1v) is 6.64. The number of nitrogens with one attached hydrogen (secondary N) is 1. The highest BCUT2D eigenvalue weighted by atomic mass is 16.5. The molecule has 0 amide bonds. The van der Waals surface area contributed by atoms with Crippen molar-refractivity contribution >= 4 is 5.70 Å². The summed E-state index contributed by atoms with van der Waals surface area (Å²) in [6, 6.07) is 15.3. The lowest BCUT2D eigenvalue weighted by Gasteiger charge is -2.08. The van der Waals surface area contributed by atoms with Crippen LogP contribution in [0.4, 0.5) is 0 Å². The molecule has 0 aliphatic heterocycles. The number of allylic oxidation sites excluding steroid dienone is 1. The van der Waals surface area contributed by atoms with Crippen LogP contribution in [-0.4, -0.2) is 19.4 Å². The highest BCUT2D eigenvalue weighted by Crippen LogP contribution is 2.18. The van der Waals surface area contributed by atoms with Crippen LogP contribution in [0.15, 0.2) is 54.6 Å². The minimum Gasteiger partial charge on any atom is -0.497 e.